The predicted molar refractivity (Wildman–Crippen MR) is 65.9 cm³/mol. The summed E-state index contributed by atoms with van der Waals surface area (Å²) >= 11 is 0. The van der Waals surface area contributed by atoms with Crippen LogP contribution in [0.25, 0.3) is 0 Å². The van der Waals surface area contributed by atoms with Crippen molar-refractivity contribution in [3.63, 3.8) is 0 Å². The van der Waals surface area contributed by atoms with E-state index in [4.69, 9.17) is 10.5 Å². The largest absolute Gasteiger partial charge is 0.381 e. The van der Waals surface area contributed by atoms with Crippen LogP contribution >= 0.6 is 0 Å². The molecule has 1 aromatic rings. The summed E-state index contributed by atoms with van der Waals surface area (Å²) in [6.45, 7) is 2.57. The zero-order valence-electron chi connectivity index (χ0n) is 10.4. The van der Waals surface area contributed by atoms with Crippen molar-refractivity contribution < 1.29 is 4.74 Å². The first-order chi connectivity index (χ1) is 8.29. The molecule has 2 fully saturated rings. The van der Waals surface area contributed by atoms with E-state index in [9.17, 15) is 0 Å². The first-order valence-electron chi connectivity index (χ1n) is 6.61. The molecule has 1 saturated carbocycles. The molecule has 0 amide bonds. The summed E-state index contributed by atoms with van der Waals surface area (Å²) in [4.78, 5) is 0. The third-order valence-electron chi connectivity index (χ3n) is 4.12. The Morgan fingerprint density at radius 1 is 1.47 bits per heavy atom. The lowest BCUT2D eigenvalue weighted by molar-refractivity contribution is 0.0842. The van der Waals surface area contributed by atoms with Gasteiger partial charge in [0.15, 0.2) is 0 Å². The second-order valence-corrected chi connectivity index (χ2v) is 5.37. The van der Waals surface area contributed by atoms with Gasteiger partial charge in [-0.2, -0.15) is 5.10 Å². The van der Waals surface area contributed by atoms with E-state index in [-0.39, 0.29) is 0 Å². The van der Waals surface area contributed by atoms with Crippen LogP contribution in [0, 0.1) is 5.92 Å². The molecule has 1 saturated heterocycles. The first-order valence-corrected chi connectivity index (χ1v) is 6.61. The Labute approximate surface area is 102 Å². The minimum Gasteiger partial charge on any atom is -0.381 e. The Hall–Kier alpha value is -0.870. The fourth-order valence-electron chi connectivity index (χ4n) is 2.99. The summed E-state index contributed by atoms with van der Waals surface area (Å²) in [7, 11) is 2.02. The number of ether oxygens (including phenoxy) is 1. The van der Waals surface area contributed by atoms with E-state index in [1.165, 1.54) is 17.7 Å². The van der Waals surface area contributed by atoms with E-state index < -0.39 is 0 Å². The number of aromatic nitrogens is 2. The van der Waals surface area contributed by atoms with Gasteiger partial charge >= 0.3 is 0 Å². The van der Waals surface area contributed by atoms with Crippen molar-refractivity contribution >= 4 is 0 Å². The molecular formula is C13H21N3O. The average molecular weight is 235 g/mol. The Bertz CT molecular complexity index is 395. The molecule has 2 heterocycles. The number of aryl methyl sites for hydroxylation is 1. The van der Waals surface area contributed by atoms with Crippen LogP contribution < -0.4 is 5.73 Å². The molecule has 0 bridgehead atoms. The SMILES string of the molecule is Cn1cc(C2CC2CN)c(C2CCOCC2)n1. The van der Waals surface area contributed by atoms with Crippen molar-refractivity contribution in [1.82, 2.24) is 9.78 Å². The fraction of sp³-hybridized carbons (Fsp3) is 0.769. The maximum Gasteiger partial charge on any atom is 0.0691 e. The molecule has 0 spiro atoms. The molecule has 0 radical (unpaired) electrons. The molecule has 94 valence electrons. The van der Waals surface area contributed by atoms with E-state index in [0.717, 1.165) is 32.6 Å². The highest BCUT2D eigenvalue weighted by Gasteiger charge is 2.40. The first kappa shape index (κ1) is 11.2. The van der Waals surface area contributed by atoms with Gasteiger partial charge in [-0.05, 0) is 43.2 Å². The Morgan fingerprint density at radius 2 is 2.24 bits per heavy atom. The molecular weight excluding hydrogens is 214 g/mol. The van der Waals surface area contributed by atoms with Crippen LogP contribution in [-0.2, 0) is 11.8 Å². The van der Waals surface area contributed by atoms with Crippen LogP contribution in [0.3, 0.4) is 0 Å². The van der Waals surface area contributed by atoms with Gasteiger partial charge in [0.25, 0.3) is 0 Å². The second-order valence-electron chi connectivity index (χ2n) is 5.37. The highest BCUT2D eigenvalue weighted by atomic mass is 16.5. The molecule has 1 aliphatic carbocycles. The summed E-state index contributed by atoms with van der Waals surface area (Å²) in [6, 6.07) is 0. The molecule has 1 aliphatic heterocycles. The fourth-order valence-corrected chi connectivity index (χ4v) is 2.99. The zero-order chi connectivity index (χ0) is 11.8. The topological polar surface area (TPSA) is 53.1 Å². The average Bonchev–Trinajstić information content (AvgIpc) is 3.05. The standard InChI is InChI=1S/C13H21N3O/c1-16-8-12(11-6-10(11)7-14)13(15-16)9-2-4-17-5-3-9/h8-11H,2-7,14H2,1H3. The summed E-state index contributed by atoms with van der Waals surface area (Å²) in [6.07, 6.45) is 5.68. The summed E-state index contributed by atoms with van der Waals surface area (Å²) < 4.78 is 7.40. The number of nitrogens with zero attached hydrogens (tertiary/aromatic N) is 2. The highest BCUT2D eigenvalue weighted by Crippen LogP contribution is 2.49. The van der Waals surface area contributed by atoms with Gasteiger partial charge in [-0.15, -0.1) is 0 Å². The van der Waals surface area contributed by atoms with E-state index in [1.54, 1.807) is 0 Å². The van der Waals surface area contributed by atoms with Gasteiger partial charge in [0, 0.05) is 32.4 Å². The van der Waals surface area contributed by atoms with Gasteiger partial charge in [0.05, 0.1) is 5.69 Å². The number of hydrogen-bond donors (Lipinski definition) is 1. The van der Waals surface area contributed by atoms with E-state index in [1.807, 2.05) is 11.7 Å². The van der Waals surface area contributed by atoms with Crippen molar-refractivity contribution in [1.29, 1.82) is 0 Å². The van der Waals surface area contributed by atoms with Crippen molar-refractivity contribution in [2.75, 3.05) is 19.8 Å². The number of hydrogen-bond acceptors (Lipinski definition) is 3. The van der Waals surface area contributed by atoms with E-state index in [0.29, 0.717) is 17.8 Å². The minimum absolute atomic E-state index is 0.596. The van der Waals surface area contributed by atoms with Gasteiger partial charge in [0.2, 0.25) is 0 Å². The third kappa shape index (κ3) is 2.11. The Kier molecular flexibility index (Phi) is 2.92. The summed E-state index contributed by atoms with van der Waals surface area (Å²) in [5, 5.41) is 4.68. The lowest BCUT2D eigenvalue weighted by atomic mass is 9.92. The highest BCUT2D eigenvalue weighted by molar-refractivity contribution is 5.31. The van der Waals surface area contributed by atoms with Crippen LogP contribution in [0.2, 0.25) is 0 Å². The number of rotatable bonds is 3. The maximum absolute atomic E-state index is 5.75. The molecule has 3 rings (SSSR count). The normalized spacial score (nSPS) is 29.5. The van der Waals surface area contributed by atoms with Crippen molar-refractivity contribution in [3.05, 3.63) is 17.5 Å². The third-order valence-corrected chi connectivity index (χ3v) is 4.12. The predicted octanol–water partition coefficient (Wildman–Crippen LogP) is 1.38. The molecule has 2 N–H and O–H groups in total. The lowest BCUT2D eigenvalue weighted by Gasteiger charge is -2.21. The lowest BCUT2D eigenvalue weighted by Crippen LogP contribution is -2.16. The monoisotopic (exact) mass is 235 g/mol. The maximum atomic E-state index is 5.75. The summed E-state index contributed by atoms with van der Waals surface area (Å²) in [5.41, 5.74) is 8.52. The Balaban J connectivity index is 1.83. The van der Waals surface area contributed by atoms with Gasteiger partial charge in [0.1, 0.15) is 0 Å². The van der Waals surface area contributed by atoms with E-state index >= 15 is 0 Å². The van der Waals surface area contributed by atoms with Crippen LogP contribution in [-0.4, -0.2) is 29.5 Å². The quantitative estimate of drug-likeness (QED) is 0.861. The van der Waals surface area contributed by atoms with Crippen LogP contribution in [0.5, 0.6) is 0 Å². The molecule has 2 aliphatic rings. The van der Waals surface area contributed by atoms with Crippen LogP contribution in [0.1, 0.15) is 42.4 Å². The van der Waals surface area contributed by atoms with Gasteiger partial charge in [-0.1, -0.05) is 0 Å². The van der Waals surface area contributed by atoms with Crippen molar-refractivity contribution in [2.24, 2.45) is 18.7 Å². The summed E-state index contributed by atoms with van der Waals surface area (Å²) in [5.74, 6) is 1.96. The molecule has 1 aromatic heterocycles. The minimum atomic E-state index is 0.596. The molecule has 17 heavy (non-hydrogen) atoms. The van der Waals surface area contributed by atoms with Crippen LogP contribution in [0.15, 0.2) is 6.20 Å². The molecule has 4 nitrogen and oxygen atoms in total. The van der Waals surface area contributed by atoms with Gasteiger partial charge in [-0.25, -0.2) is 0 Å². The van der Waals surface area contributed by atoms with Gasteiger partial charge in [-0.3, -0.25) is 4.68 Å². The smallest absolute Gasteiger partial charge is 0.0691 e. The molecule has 4 heteroatoms. The molecule has 2 unspecified atom stereocenters. The zero-order valence-corrected chi connectivity index (χ0v) is 10.4. The van der Waals surface area contributed by atoms with Crippen molar-refractivity contribution in [2.45, 2.75) is 31.1 Å². The Morgan fingerprint density at radius 3 is 2.88 bits per heavy atom. The number of nitrogens with two attached hydrogens (primary N) is 1. The van der Waals surface area contributed by atoms with Gasteiger partial charge < -0.3 is 10.5 Å². The molecule has 0 aromatic carbocycles. The van der Waals surface area contributed by atoms with Crippen molar-refractivity contribution in [3.8, 4) is 0 Å². The second kappa shape index (κ2) is 4.42. The van der Waals surface area contributed by atoms with E-state index in [2.05, 4.69) is 11.3 Å². The molecule has 2 atom stereocenters. The van der Waals surface area contributed by atoms with Crippen LogP contribution in [0.4, 0.5) is 0 Å².